The van der Waals surface area contributed by atoms with Crippen molar-refractivity contribution in [2.45, 2.75) is 12.8 Å². The zero-order valence-corrected chi connectivity index (χ0v) is 13.0. The molecule has 1 saturated heterocycles. The molecule has 1 heterocycles. The molecule has 0 N–H and O–H groups in total. The van der Waals surface area contributed by atoms with Gasteiger partial charge >= 0.3 is 0 Å². The Kier molecular flexibility index (Phi) is 3.19. The molecule has 2 bridgehead atoms. The van der Waals surface area contributed by atoms with Crippen LogP contribution in [0.3, 0.4) is 0 Å². The third-order valence-electron chi connectivity index (χ3n) is 5.37. The number of carbonyl (C=O) groups excluding carboxylic acids is 2. The molecule has 4 aliphatic rings. The number of amides is 2. The molecule has 124 valence electrons. The molecule has 0 spiro atoms. The summed E-state index contributed by atoms with van der Waals surface area (Å²) in [5, 5.41) is 11.1. The molecule has 7 heteroatoms. The van der Waals surface area contributed by atoms with E-state index in [1.807, 2.05) is 12.2 Å². The predicted octanol–water partition coefficient (Wildman–Crippen LogP) is 2.30. The number of nitro groups is 1. The van der Waals surface area contributed by atoms with Gasteiger partial charge in [0.1, 0.15) is 11.4 Å². The Bertz CT molecular complexity index is 755. The van der Waals surface area contributed by atoms with E-state index in [0.717, 1.165) is 17.7 Å². The van der Waals surface area contributed by atoms with Crippen molar-refractivity contribution in [3.63, 3.8) is 0 Å². The summed E-state index contributed by atoms with van der Waals surface area (Å²) in [5.74, 6) is -0.834. The molecule has 1 aromatic carbocycles. The van der Waals surface area contributed by atoms with Crippen LogP contribution in [0.5, 0.6) is 5.75 Å². The summed E-state index contributed by atoms with van der Waals surface area (Å²) in [6.45, 7) is 0. The van der Waals surface area contributed by atoms with Gasteiger partial charge in [-0.1, -0.05) is 12.2 Å². The monoisotopic (exact) mass is 328 g/mol. The highest BCUT2D eigenvalue weighted by Crippen LogP contribution is 2.51. The van der Waals surface area contributed by atoms with Crippen LogP contribution >= 0.6 is 0 Å². The molecule has 2 amide bonds. The number of benzene rings is 1. The number of methoxy groups -OCH3 is 1. The van der Waals surface area contributed by atoms with Gasteiger partial charge in [-0.05, 0) is 30.7 Å². The average molecular weight is 328 g/mol. The summed E-state index contributed by atoms with van der Waals surface area (Å²) in [4.78, 5) is 37.5. The maximum atomic E-state index is 12.9. The molecule has 5 rings (SSSR count). The molecule has 0 radical (unpaired) electrons. The number of imide groups is 1. The van der Waals surface area contributed by atoms with Gasteiger partial charge < -0.3 is 4.74 Å². The quantitative estimate of drug-likeness (QED) is 0.367. The summed E-state index contributed by atoms with van der Waals surface area (Å²) in [6.07, 6.45) is 5.88. The number of nitro benzene ring substituents is 1. The summed E-state index contributed by atoms with van der Waals surface area (Å²) >= 11 is 0. The number of nitrogens with zero attached hydrogens (tertiary/aromatic N) is 2. The van der Waals surface area contributed by atoms with Crippen LogP contribution in [0.4, 0.5) is 11.4 Å². The van der Waals surface area contributed by atoms with E-state index >= 15 is 0 Å². The van der Waals surface area contributed by atoms with Gasteiger partial charge in [0.25, 0.3) is 5.69 Å². The van der Waals surface area contributed by atoms with Crippen molar-refractivity contribution in [2.24, 2.45) is 23.7 Å². The SMILES string of the molecule is COc1ccc([N+](=O)[O-])cc1N1C(=O)[C@@H]2[C@H](C1=O)[C@@H]1C=C[C@@H]2CC1. The van der Waals surface area contributed by atoms with E-state index in [1.54, 1.807) is 0 Å². The number of non-ortho nitro benzene ring substituents is 1. The maximum absolute atomic E-state index is 12.9. The molecule has 1 saturated carbocycles. The van der Waals surface area contributed by atoms with E-state index < -0.39 is 4.92 Å². The Balaban J connectivity index is 1.80. The molecular weight excluding hydrogens is 312 g/mol. The molecule has 2 fully saturated rings. The standard InChI is InChI=1S/C17H16N2O5/c1-24-13-7-6-11(19(22)23)8-12(13)18-16(20)14-9-2-3-10(5-4-9)15(14)17(18)21/h2-3,6-10,14-15H,4-5H2,1H3/t9-,10-,14-,15+/m1/s1. The Morgan fingerprint density at radius 2 is 1.71 bits per heavy atom. The highest BCUT2D eigenvalue weighted by atomic mass is 16.6. The van der Waals surface area contributed by atoms with Crippen molar-refractivity contribution >= 4 is 23.2 Å². The lowest BCUT2D eigenvalue weighted by atomic mass is 9.63. The van der Waals surface area contributed by atoms with Gasteiger partial charge in [0.2, 0.25) is 11.8 Å². The van der Waals surface area contributed by atoms with E-state index in [-0.39, 0.29) is 52.6 Å². The van der Waals surface area contributed by atoms with E-state index in [0.29, 0.717) is 0 Å². The van der Waals surface area contributed by atoms with Crippen LogP contribution in [0.25, 0.3) is 0 Å². The first-order valence-corrected chi connectivity index (χ1v) is 7.91. The van der Waals surface area contributed by atoms with Crippen LogP contribution in [0.1, 0.15) is 12.8 Å². The van der Waals surface area contributed by atoms with Gasteiger partial charge in [0.15, 0.2) is 0 Å². The lowest BCUT2D eigenvalue weighted by Gasteiger charge is -2.38. The number of rotatable bonds is 3. The number of hydrogen-bond acceptors (Lipinski definition) is 5. The zero-order valence-electron chi connectivity index (χ0n) is 13.0. The molecule has 4 atom stereocenters. The number of ether oxygens (including phenoxy) is 1. The van der Waals surface area contributed by atoms with Crippen LogP contribution in [-0.4, -0.2) is 23.8 Å². The van der Waals surface area contributed by atoms with Crippen molar-refractivity contribution < 1.29 is 19.2 Å². The molecule has 3 aliphatic carbocycles. The Hall–Kier alpha value is -2.70. The van der Waals surface area contributed by atoms with E-state index in [2.05, 4.69) is 0 Å². The molecule has 0 aromatic heterocycles. The third kappa shape index (κ3) is 1.90. The minimum absolute atomic E-state index is 0.0751. The zero-order chi connectivity index (χ0) is 17.0. The molecule has 7 nitrogen and oxygen atoms in total. The van der Waals surface area contributed by atoms with Gasteiger partial charge in [-0.2, -0.15) is 0 Å². The lowest BCUT2D eigenvalue weighted by molar-refractivity contribution is -0.384. The second-order valence-electron chi connectivity index (χ2n) is 6.47. The highest BCUT2D eigenvalue weighted by Gasteiger charge is 2.57. The average Bonchev–Trinajstić information content (AvgIpc) is 2.88. The highest BCUT2D eigenvalue weighted by molar-refractivity contribution is 6.23. The second kappa shape index (κ2) is 5.15. The van der Waals surface area contributed by atoms with E-state index in [9.17, 15) is 19.7 Å². The Labute approximate surface area is 138 Å². The minimum atomic E-state index is -0.549. The molecule has 0 unspecified atom stereocenters. The van der Waals surface area contributed by atoms with Crippen LogP contribution in [0.2, 0.25) is 0 Å². The third-order valence-corrected chi connectivity index (χ3v) is 5.37. The van der Waals surface area contributed by atoms with E-state index in [4.69, 9.17) is 4.74 Å². The number of allylic oxidation sites excluding steroid dienone is 2. The Morgan fingerprint density at radius 3 is 2.17 bits per heavy atom. The number of carbonyl (C=O) groups is 2. The lowest BCUT2D eigenvalue weighted by Crippen LogP contribution is -2.38. The van der Waals surface area contributed by atoms with Gasteiger partial charge in [0, 0.05) is 12.1 Å². The van der Waals surface area contributed by atoms with Crippen molar-refractivity contribution in [3.8, 4) is 5.75 Å². The topological polar surface area (TPSA) is 89.8 Å². The number of fused-ring (bicyclic) bond motifs is 1. The number of anilines is 1. The van der Waals surface area contributed by atoms with Gasteiger partial charge in [-0.15, -0.1) is 0 Å². The largest absolute Gasteiger partial charge is 0.495 e. The first-order valence-electron chi connectivity index (χ1n) is 7.91. The van der Waals surface area contributed by atoms with Crippen molar-refractivity contribution in [1.29, 1.82) is 0 Å². The summed E-state index contributed by atoms with van der Waals surface area (Å²) in [5.41, 5.74) is -0.0159. The van der Waals surface area contributed by atoms with Gasteiger partial charge in [-0.25, -0.2) is 4.90 Å². The second-order valence-corrected chi connectivity index (χ2v) is 6.47. The van der Waals surface area contributed by atoms with Crippen LogP contribution in [-0.2, 0) is 9.59 Å². The predicted molar refractivity (Wildman–Crippen MR) is 84.5 cm³/mol. The summed E-state index contributed by atoms with van der Waals surface area (Å²) in [7, 11) is 1.41. The molecule has 1 aliphatic heterocycles. The molecule has 24 heavy (non-hydrogen) atoms. The van der Waals surface area contributed by atoms with Crippen molar-refractivity contribution in [3.05, 3.63) is 40.5 Å². The first-order chi connectivity index (χ1) is 11.5. The van der Waals surface area contributed by atoms with Gasteiger partial charge in [-0.3, -0.25) is 19.7 Å². The maximum Gasteiger partial charge on any atom is 0.271 e. The minimum Gasteiger partial charge on any atom is -0.495 e. The Morgan fingerprint density at radius 1 is 1.12 bits per heavy atom. The normalized spacial score (nSPS) is 30.6. The van der Waals surface area contributed by atoms with E-state index in [1.165, 1.54) is 25.3 Å². The fourth-order valence-corrected chi connectivity index (χ4v) is 4.28. The molecular formula is C17H16N2O5. The van der Waals surface area contributed by atoms with Crippen molar-refractivity contribution in [2.75, 3.05) is 12.0 Å². The first kappa shape index (κ1) is 14.9. The summed E-state index contributed by atoms with van der Waals surface area (Å²) < 4.78 is 5.23. The molecule has 1 aromatic rings. The number of hydrogen-bond donors (Lipinski definition) is 0. The fraction of sp³-hybridized carbons (Fsp3) is 0.412. The van der Waals surface area contributed by atoms with Crippen LogP contribution in [0, 0.1) is 33.8 Å². The van der Waals surface area contributed by atoms with Gasteiger partial charge in [0.05, 0.1) is 23.9 Å². The summed E-state index contributed by atoms with van der Waals surface area (Å²) in [6, 6.07) is 3.95. The fourth-order valence-electron chi connectivity index (χ4n) is 4.28. The van der Waals surface area contributed by atoms with Crippen molar-refractivity contribution in [1.82, 2.24) is 0 Å². The smallest absolute Gasteiger partial charge is 0.271 e. The van der Waals surface area contributed by atoms with Crippen LogP contribution < -0.4 is 9.64 Å². The van der Waals surface area contributed by atoms with Crippen LogP contribution in [0.15, 0.2) is 30.4 Å².